The van der Waals surface area contributed by atoms with Gasteiger partial charge in [0, 0.05) is 11.3 Å². The van der Waals surface area contributed by atoms with Crippen LogP contribution in [0.5, 0.6) is 5.75 Å². The Kier molecular flexibility index (Phi) is 8.19. The van der Waals surface area contributed by atoms with Crippen molar-refractivity contribution < 1.29 is 9.53 Å². The average molecular weight is 461 g/mol. The molecule has 2 rings (SSSR count). The van der Waals surface area contributed by atoms with E-state index >= 15 is 0 Å². The molecule has 0 aliphatic carbocycles. The molecule has 3 N–H and O–H groups in total. The number of nitrogens with one attached hydrogen (secondary N) is 3. The van der Waals surface area contributed by atoms with E-state index in [2.05, 4.69) is 16.0 Å². The second-order valence-electron chi connectivity index (χ2n) is 5.87. The lowest BCUT2D eigenvalue weighted by Crippen LogP contribution is -2.56. The van der Waals surface area contributed by atoms with Crippen molar-refractivity contribution in [2.45, 2.75) is 23.8 Å². The van der Waals surface area contributed by atoms with Crippen molar-refractivity contribution in [1.29, 1.82) is 0 Å². The van der Waals surface area contributed by atoms with Gasteiger partial charge in [0.1, 0.15) is 11.9 Å². The maximum Gasteiger partial charge on any atom is 0.252 e. The molecular weight excluding hydrogens is 441 g/mol. The predicted octanol–water partition coefficient (Wildman–Crippen LogP) is 4.81. The fourth-order valence-corrected chi connectivity index (χ4v) is 2.78. The number of carbonyl (C=O) groups is 1. The smallest absolute Gasteiger partial charge is 0.252 e. The summed E-state index contributed by atoms with van der Waals surface area (Å²) in [6.45, 7) is 4.42. The summed E-state index contributed by atoms with van der Waals surface area (Å²) in [7, 11) is 0. The Bertz CT molecular complexity index is 809. The van der Waals surface area contributed by atoms with E-state index < -0.39 is 15.9 Å². The largest absolute Gasteiger partial charge is 0.494 e. The standard InChI is InChI=1S/C19H20Cl3N3O2S/c1-3-27-15-10-8-14(9-11-15)23-18(28)25-17(19(20,21)22)24-16(26)13-6-4-12(2)5-7-13/h4-11,17H,3H2,1-2H3,(H,24,26)(H2,23,25,28)/t17-/m1/s1. The van der Waals surface area contributed by atoms with E-state index in [1.54, 1.807) is 36.4 Å². The molecule has 2 aromatic carbocycles. The number of rotatable bonds is 6. The third kappa shape index (κ3) is 7.02. The van der Waals surface area contributed by atoms with Gasteiger partial charge >= 0.3 is 0 Å². The van der Waals surface area contributed by atoms with Gasteiger partial charge in [0.05, 0.1) is 6.61 Å². The lowest BCUT2D eigenvalue weighted by Gasteiger charge is -2.27. The number of carbonyl (C=O) groups excluding carboxylic acids is 1. The van der Waals surface area contributed by atoms with Crippen LogP contribution in [0.15, 0.2) is 48.5 Å². The van der Waals surface area contributed by atoms with Crippen molar-refractivity contribution in [3.63, 3.8) is 0 Å². The molecule has 0 radical (unpaired) electrons. The number of benzene rings is 2. The summed E-state index contributed by atoms with van der Waals surface area (Å²) < 4.78 is 3.56. The lowest BCUT2D eigenvalue weighted by atomic mass is 10.1. The molecule has 9 heteroatoms. The highest BCUT2D eigenvalue weighted by molar-refractivity contribution is 7.80. The quantitative estimate of drug-likeness (QED) is 0.328. The SMILES string of the molecule is CCOc1ccc(NC(=S)N[C@@H](NC(=O)c2ccc(C)cc2)C(Cl)(Cl)Cl)cc1. The molecule has 0 aliphatic rings. The van der Waals surface area contributed by atoms with Crippen LogP contribution in [0.25, 0.3) is 0 Å². The highest BCUT2D eigenvalue weighted by Crippen LogP contribution is 2.29. The zero-order chi connectivity index (χ0) is 20.7. The number of thiocarbonyl (C=S) groups is 1. The molecule has 1 atom stereocenters. The lowest BCUT2D eigenvalue weighted by molar-refractivity contribution is 0.0934. The zero-order valence-corrected chi connectivity index (χ0v) is 18.3. The van der Waals surface area contributed by atoms with Gasteiger partial charge in [-0.2, -0.15) is 0 Å². The number of hydrogen-bond acceptors (Lipinski definition) is 3. The van der Waals surface area contributed by atoms with Crippen molar-refractivity contribution in [2.24, 2.45) is 0 Å². The Balaban J connectivity index is 2.01. The normalized spacial score (nSPS) is 12.0. The van der Waals surface area contributed by atoms with Crippen LogP contribution in [0.3, 0.4) is 0 Å². The van der Waals surface area contributed by atoms with Crippen LogP contribution in [0.2, 0.25) is 0 Å². The van der Waals surface area contributed by atoms with Gasteiger partial charge < -0.3 is 20.7 Å². The third-order valence-corrected chi connectivity index (χ3v) is 4.49. The maximum atomic E-state index is 12.4. The summed E-state index contributed by atoms with van der Waals surface area (Å²) >= 11 is 23.3. The summed E-state index contributed by atoms with van der Waals surface area (Å²) in [5.41, 5.74) is 2.19. The first-order valence-electron chi connectivity index (χ1n) is 8.43. The predicted molar refractivity (Wildman–Crippen MR) is 120 cm³/mol. The minimum atomic E-state index is -1.83. The number of anilines is 1. The highest BCUT2D eigenvalue weighted by Gasteiger charge is 2.34. The van der Waals surface area contributed by atoms with E-state index in [1.807, 2.05) is 26.0 Å². The van der Waals surface area contributed by atoms with Gasteiger partial charge in [0.15, 0.2) is 5.11 Å². The van der Waals surface area contributed by atoms with Crippen LogP contribution in [0.1, 0.15) is 22.8 Å². The summed E-state index contributed by atoms with van der Waals surface area (Å²) in [5, 5.41) is 8.62. The molecule has 0 bridgehead atoms. The molecule has 0 spiro atoms. The molecule has 0 aromatic heterocycles. The summed E-state index contributed by atoms with van der Waals surface area (Å²) in [6, 6.07) is 14.2. The summed E-state index contributed by atoms with van der Waals surface area (Å²) in [4.78, 5) is 12.4. The first kappa shape index (κ1) is 22.6. The van der Waals surface area contributed by atoms with Crippen LogP contribution >= 0.6 is 47.0 Å². The van der Waals surface area contributed by atoms with Gasteiger partial charge in [0.2, 0.25) is 3.79 Å². The molecule has 2 aromatic rings. The van der Waals surface area contributed by atoms with Gasteiger partial charge in [-0.15, -0.1) is 0 Å². The van der Waals surface area contributed by atoms with Crippen molar-refractivity contribution in [3.05, 3.63) is 59.7 Å². The number of ether oxygens (including phenoxy) is 1. The molecule has 0 fully saturated rings. The van der Waals surface area contributed by atoms with E-state index in [-0.39, 0.29) is 5.11 Å². The Morgan fingerprint density at radius 1 is 1.07 bits per heavy atom. The van der Waals surface area contributed by atoms with Gasteiger partial charge in [-0.3, -0.25) is 4.79 Å². The fraction of sp³-hybridized carbons (Fsp3) is 0.263. The molecule has 150 valence electrons. The van der Waals surface area contributed by atoms with Crippen molar-refractivity contribution in [3.8, 4) is 5.75 Å². The average Bonchev–Trinajstić information content (AvgIpc) is 2.62. The zero-order valence-electron chi connectivity index (χ0n) is 15.3. The Morgan fingerprint density at radius 3 is 2.21 bits per heavy atom. The highest BCUT2D eigenvalue weighted by atomic mass is 35.6. The van der Waals surface area contributed by atoms with Crippen LogP contribution in [-0.4, -0.2) is 27.6 Å². The molecule has 1 amide bonds. The topological polar surface area (TPSA) is 62.4 Å². The van der Waals surface area contributed by atoms with Gasteiger partial charge in [-0.25, -0.2) is 0 Å². The van der Waals surface area contributed by atoms with Crippen LogP contribution < -0.4 is 20.7 Å². The van der Waals surface area contributed by atoms with E-state index in [1.165, 1.54) is 0 Å². The van der Waals surface area contributed by atoms with Crippen LogP contribution in [0.4, 0.5) is 5.69 Å². The molecule has 28 heavy (non-hydrogen) atoms. The molecular formula is C19H20Cl3N3O2S. The van der Waals surface area contributed by atoms with Crippen molar-refractivity contribution >= 4 is 63.7 Å². The van der Waals surface area contributed by atoms with Gasteiger partial charge in [0.25, 0.3) is 5.91 Å². The fourth-order valence-electron chi connectivity index (χ4n) is 2.22. The Hall–Kier alpha value is -1.73. The second-order valence-corrected chi connectivity index (χ2v) is 8.65. The first-order valence-corrected chi connectivity index (χ1v) is 9.98. The summed E-state index contributed by atoms with van der Waals surface area (Å²) in [5.74, 6) is 0.351. The Labute approximate surface area is 184 Å². The number of halogens is 3. The maximum absolute atomic E-state index is 12.4. The third-order valence-electron chi connectivity index (χ3n) is 3.62. The van der Waals surface area contributed by atoms with Crippen LogP contribution in [-0.2, 0) is 0 Å². The first-order chi connectivity index (χ1) is 13.2. The molecule has 0 saturated carbocycles. The van der Waals surface area contributed by atoms with Crippen molar-refractivity contribution in [2.75, 3.05) is 11.9 Å². The van der Waals surface area contributed by atoms with Gasteiger partial charge in [-0.05, 0) is 62.5 Å². The van der Waals surface area contributed by atoms with E-state index in [9.17, 15) is 4.79 Å². The minimum absolute atomic E-state index is 0.185. The number of amides is 1. The minimum Gasteiger partial charge on any atom is -0.494 e. The van der Waals surface area contributed by atoms with Crippen LogP contribution in [0, 0.1) is 6.92 Å². The summed E-state index contributed by atoms with van der Waals surface area (Å²) in [6.07, 6.45) is -1.05. The molecule has 0 saturated heterocycles. The number of alkyl halides is 3. The second kappa shape index (κ2) is 10.2. The molecule has 0 aliphatic heterocycles. The molecule has 0 unspecified atom stereocenters. The Morgan fingerprint density at radius 2 is 1.68 bits per heavy atom. The van der Waals surface area contributed by atoms with E-state index in [0.29, 0.717) is 17.9 Å². The number of hydrogen-bond donors (Lipinski definition) is 3. The molecule has 0 heterocycles. The number of aryl methyl sites for hydroxylation is 1. The van der Waals surface area contributed by atoms with Gasteiger partial charge in [-0.1, -0.05) is 52.5 Å². The molecule has 5 nitrogen and oxygen atoms in total. The van der Waals surface area contributed by atoms with E-state index in [4.69, 9.17) is 51.8 Å². The van der Waals surface area contributed by atoms with E-state index in [0.717, 1.165) is 11.3 Å². The monoisotopic (exact) mass is 459 g/mol. The van der Waals surface area contributed by atoms with Crippen molar-refractivity contribution in [1.82, 2.24) is 10.6 Å².